The van der Waals surface area contributed by atoms with Gasteiger partial charge in [0.05, 0.1) is 17.9 Å². The van der Waals surface area contributed by atoms with E-state index in [9.17, 15) is 19.5 Å². The molecule has 10 nitrogen and oxygen atoms in total. The summed E-state index contributed by atoms with van der Waals surface area (Å²) < 4.78 is 5.36. The first kappa shape index (κ1) is 28.8. The molecule has 0 fully saturated rings. The monoisotopic (exact) mass is 553 g/mol. The van der Waals surface area contributed by atoms with E-state index in [0.717, 1.165) is 11.1 Å². The summed E-state index contributed by atoms with van der Waals surface area (Å²) in [5.41, 5.74) is 2.82. The summed E-state index contributed by atoms with van der Waals surface area (Å²) in [7, 11) is 0. The Labute approximate surface area is 238 Å². The van der Waals surface area contributed by atoms with Gasteiger partial charge < -0.3 is 15.2 Å². The van der Waals surface area contributed by atoms with Crippen molar-refractivity contribution in [1.82, 2.24) is 14.9 Å². The molecule has 0 aliphatic carbocycles. The van der Waals surface area contributed by atoms with E-state index in [4.69, 9.17) is 4.74 Å². The smallest absolute Gasteiger partial charge is 0.412 e. The molecule has 2 aromatic heterocycles. The van der Waals surface area contributed by atoms with E-state index < -0.39 is 23.7 Å². The number of hydrogen-bond donors (Lipinski definition) is 3. The van der Waals surface area contributed by atoms with Gasteiger partial charge in [0, 0.05) is 30.1 Å². The zero-order chi connectivity index (χ0) is 29.4. The Bertz CT molecular complexity index is 1500. The van der Waals surface area contributed by atoms with E-state index in [0.29, 0.717) is 16.8 Å². The van der Waals surface area contributed by atoms with Gasteiger partial charge in [-0.05, 0) is 62.2 Å². The van der Waals surface area contributed by atoms with Gasteiger partial charge in [0.2, 0.25) is 0 Å². The molecule has 3 amide bonds. The van der Waals surface area contributed by atoms with E-state index in [2.05, 4.69) is 20.6 Å². The molecule has 2 heterocycles. The van der Waals surface area contributed by atoms with Gasteiger partial charge in [-0.15, -0.1) is 0 Å². The van der Waals surface area contributed by atoms with Crippen molar-refractivity contribution in [3.8, 4) is 11.3 Å². The van der Waals surface area contributed by atoms with Gasteiger partial charge in [-0.25, -0.2) is 14.6 Å². The van der Waals surface area contributed by atoms with Gasteiger partial charge in [-0.1, -0.05) is 48.5 Å². The van der Waals surface area contributed by atoms with Crippen LogP contribution in [0.3, 0.4) is 0 Å². The van der Waals surface area contributed by atoms with Crippen LogP contribution in [0, 0.1) is 0 Å². The number of carbonyl (C=O) groups is 3. The fourth-order valence-corrected chi connectivity index (χ4v) is 3.90. The van der Waals surface area contributed by atoms with E-state index in [1.807, 2.05) is 36.4 Å². The van der Waals surface area contributed by atoms with Crippen LogP contribution in [0.1, 0.15) is 42.3 Å². The number of hydrogen-bond acceptors (Lipinski definition) is 6. The maximum atomic E-state index is 13.2. The molecule has 0 unspecified atom stereocenters. The molecule has 0 atom stereocenters. The first-order valence-corrected chi connectivity index (χ1v) is 12.9. The second kappa shape index (κ2) is 12.7. The number of benzene rings is 2. The number of nitrogens with one attached hydrogen (secondary N) is 2. The van der Waals surface area contributed by atoms with Gasteiger partial charge in [0.15, 0.2) is 5.82 Å². The van der Waals surface area contributed by atoms with Crippen molar-refractivity contribution in [1.29, 1.82) is 0 Å². The maximum absolute atomic E-state index is 13.2. The van der Waals surface area contributed by atoms with Gasteiger partial charge >= 0.3 is 12.2 Å². The third kappa shape index (κ3) is 8.37. The lowest BCUT2D eigenvalue weighted by Crippen LogP contribution is -2.28. The molecule has 41 heavy (non-hydrogen) atoms. The highest BCUT2D eigenvalue weighted by molar-refractivity contribution is 6.06. The predicted octanol–water partition coefficient (Wildman–Crippen LogP) is 6.42. The Kier molecular flexibility index (Phi) is 8.93. The van der Waals surface area contributed by atoms with Crippen LogP contribution in [0.4, 0.5) is 21.1 Å². The topological polar surface area (TPSA) is 134 Å². The highest BCUT2D eigenvalue weighted by Crippen LogP contribution is 2.26. The normalized spacial score (nSPS) is 10.9. The summed E-state index contributed by atoms with van der Waals surface area (Å²) in [5, 5.41) is 15.1. The zero-order valence-corrected chi connectivity index (χ0v) is 23.0. The van der Waals surface area contributed by atoms with E-state index in [1.165, 1.54) is 4.90 Å². The van der Waals surface area contributed by atoms with Crippen LogP contribution in [0.5, 0.6) is 0 Å². The molecule has 0 radical (unpaired) electrons. The lowest BCUT2D eigenvalue weighted by molar-refractivity contribution is 0.0635. The number of ether oxygens (including phenoxy) is 1. The molecule has 4 aromatic rings. The number of anilines is 2. The first-order chi connectivity index (χ1) is 19.6. The van der Waals surface area contributed by atoms with E-state index in [-0.39, 0.29) is 24.6 Å². The Balaban J connectivity index is 1.52. The lowest BCUT2D eigenvalue weighted by Gasteiger charge is -2.20. The standard InChI is InChI=1S/C31H31N5O5/c1-31(2,3)41-29(38)34-26-16-15-25(23-9-5-4-6-10-23)33-27(26)35-28(37)24-13-11-21(12-14-24)19-36(30(39)40)20-22-8-7-17-32-18-22/h4-18H,19-20H2,1-3H3,(H,34,38)(H,39,40)(H,33,35,37). The quantitative estimate of drug-likeness (QED) is 0.229. The minimum Gasteiger partial charge on any atom is -0.465 e. The number of carbonyl (C=O) groups excluding carboxylic acids is 2. The molecule has 0 saturated carbocycles. The van der Waals surface area contributed by atoms with E-state index in [1.54, 1.807) is 75.6 Å². The Hall–Kier alpha value is -5.25. The highest BCUT2D eigenvalue weighted by atomic mass is 16.6. The Morgan fingerprint density at radius 2 is 1.56 bits per heavy atom. The van der Waals surface area contributed by atoms with Crippen molar-refractivity contribution in [3.63, 3.8) is 0 Å². The summed E-state index contributed by atoms with van der Waals surface area (Å²) in [6, 6.07) is 23.0. The van der Waals surface area contributed by atoms with Crippen LogP contribution in [0.25, 0.3) is 11.3 Å². The van der Waals surface area contributed by atoms with Gasteiger partial charge in [-0.2, -0.15) is 0 Å². The largest absolute Gasteiger partial charge is 0.465 e. The van der Waals surface area contributed by atoms with Crippen molar-refractivity contribution < 1.29 is 24.2 Å². The maximum Gasteiger partial charge on any atom is 0.412 e. The second-order valence-electron chi connectivity index (χ2n) is 10.2. The average Bonchev–Trinajstić information content (AvgIpc) is 2.94. The molecular formula is C31H31N5O5. The van der Waals surface area contributed by atoms with E-state index >= 15 is 0 Å². The van der Waals surface area contributed by atoms with Crippen molar-refractivity contribution >= 4 is 29.6 Å². The minimum atomic E-state index is -1.06. The van der Waals surface area contributed by atoms with Crippen molar-refractivity contribution in [2.24, 2.45) is 0 Å². The number of carboxylic acid groups (broad SMARTS) is 1. The van der Waals surface area contributed by atoms with Crippen LogP contribution in [-0.2, 0) is 17.8 Å². The van der Waals surface area contributed by atoms with Crippen molar-refractivity contribution in [2.45, 2.75) is 39.5 Å². The molecule has 3 N–H and O–H groups in total. The molecular weight excluding hydrogens is 522 g/mol. The lowest BCUT2D eigenvalue weighted by atomic mass is 10.1. The van der Waals surface area contributed by atoms with Crippen LogP contribution < -0.4 is 10.6 Å². The predicted molar refractivity (Wildman–Crippen MR) is 155 cm³/mol. The molecule has 0 bridgehead atoms. The van der Waals surface area contributed by atoms with Gasteiger partial charge in [-0.3, -0.25) is 20.0 Å². The minimum absolute atomic E-state index is 0.136. The second-order valence-corrected chi connectivity index (χ2v) is 10.2. The molecule has 210 valence electrons. The molecule has 0 spiro atoms. The summed E-state index contributed by atoms with van der Waals surface area (Å²) in [4.78, 5) is 47.3. The van der Waals surface area contributed by atoms with Crippen LogP contribution >= 0.6 is 0 Å². The third-order valence-corrected chi connectivity index (χ3v) is 5.79. The summed E-state index contributed by atoms with van der Waals surface area (Å²) in [6.07, 6.45) is 1.50. The van der Waals surface area contributed by atoms with Crippen LogP contribution in [0.2, 0.25) is 0 Å². The summed E-state index contributed by atoms with van der Waals surface area (Å²) >= 11 is 0. The van der Waals surface area contributed by atoms with Crippen molar-refractivity contribution in [3.05, 3.63) is 108 Å². The van der Waals surface area contributed by atoms with Gasteiger partial charge in [0.25, 0.3) is 5.91 Å². The Morgan fingerprint density at radius 3 is 2.20 bits per heavy atom. The summed E-state index contributed by atoms with van der Waals surface area (Å²) in [6.45, 7) is 5.58. The fourth-order valence-electron chi connectivity index (χ4n) is 3.90. The fraction of sp³-hybridized carbons (Fsp3) is 0.194. The van der Waals surface area contributed by atoms with Crippen LogP contribution in [0.15, 0.2) is 91.3 Å². The highest BCUT2D eigenvalue weighted by Gasteiger charge is 2.20. The number of nitrogens with zero attached hydrogens (tertiary/aromatic N) is 3. The molecule has 0 aliphatic heterocycles. The molecule has 10 heteroatoms. The summed E-state index contributed by atoms with van der Waals surface area (Å²) in [5.74, 6) is -0.299. The average molecular weight is 554 g/mol. The molecule has 4 rings (SSSR count). The number of amides is 3. The number of pyridine rings is 2. The van der Waals surface area contributed by atoms with Crippen LogP contribution in [-0.4, -0.2) is 43.7 Å². The molecule has 2 aromatic carbocycles. The first-order valence-electron chi connectivity index (χ1n) is 12.9. The SMILES string of the molecule is CC(C)(C)OC(=O)Nc1ccc(-c2ccccc2)nc1NC(=O)c1ccc(CN(Cc2cccnc2)C(=O)O)cc1. The number of rotatable bonds is 8. The van der Waals surface area contributed by atoms with Gasteiger partial charge in [0.1, 0.15) is 5.60 Å². The molecule has 0 aliphatic rings. The zero-order valence-electron chi connectivity index (χ0n) is 23.0. The van der Waals surface area contributed by atoms with Crippen molar-refractivity contribution in [2.75, 3.05) is 10.6 Å². The number of aromatic nitrogens is 2. The molecule has 0 saturated heterocycles. The Morgan fingerprint density at radius 1 is 0.854 bits per heavy atom. The third-order valence-electron chi connectivity index (χ3n) is 5.79.